The van der Waals surface area contributed by atoms with Crippen LogP contribution in [0.2, 0.25) is 0 Å². The van der Waals surface area contributed by atoms with Crippen LogP contribution < -0.4 is 9.64 Å². The van der Waals surface area contributed by atoms with Crippen LogP contribution in [0.3, 0.4) is 0 Å². The van der Waals surface area contributed by atoms with E-state index in [1.165, 1.54) is 16.2 Å². The van der Waals surface area contributed by atoms with Crippen molar-refractivity contribution in [3.63, 3.8) is 0 Å². The van der Waals surface area contributed by atoms with Gasteiger partial charge < -0.3 is 9.64 Å². The fraction of sp³-hybridized carbons (Fsp3) is 0.364. The molecule has 0 saturated carbocycles. The highest BCUT2D eigenvalue weighted by atomic mass is 35.5. The zero-order valence-electron chi connectivity index (χ0n) is 17.8. The highest BCUT2D eigenvalue weighted by Gasteiger charge is 2.22. The number of thiazole rings is 1. The van der Waals surface area contributed by atoms with Crippen molar-refractivity contribution < 1.29 is 9.53 Å². The quantitative estimate of drug-likeness (QED) is 0.394. The van der Waals surface area contributed by atoms with Crippen LogP contribution in [0.15, 0.2) is 47.4 Å². The second kappa shape index (κ2) is 11.6. The second-order valence-corrected chi connectivity index (χ2v) is 9.10. The number of carbonyl (C=O) groups is 1. The Bertz CT molecular complexity index is 961. The van der Waals surface area contributed by atoms with Crippen LogP contribution in [0, 0.1) is 0 Å². The summed E-state index contributed by atoms with van der Waals surface area (Å²) < 4.78 is 6.74. The highest BCUT2D eigenvalue weighted by Crippen LogP contribution is 2.34. The van der Waals surface area contributed by atoms with Crippen molar-refractivity contribution in [3.8, 4) is 5.75 Å². The molecule has 0 saturated heterocycles. The van der Waals surface area contributed by atoms with Gasteiger partial charge in [0.05, 0.1) is 11.3 Å². The molecule has 3 rings (SSSR count). The number of halogens is 1. The van der Waals surface area contributed by atoms with Gasteiger partial charge in [-0.15, -0.1) is 24.2 Å². The molecule has 0 bridgehead atoms. The van der Waals surface area contributed by atoms with E-state index in [1.54, 1.807) is 16.7 Å². The lowest BCUT2D eigenvalue weighted by Crippen LogP contribution is -2.36. The van der Waals surface area contributed by atoms with E-state index < -0.39 is 0 Å². The zero-order chi connectivity index (χ0) is 20.8. The summed E-state index contributed by atoms with van der Waals surface area (Å²) >= 11 is 3.29. The number of benzene rings is 2. The molecule has 30 heavy (non-hydrogen) atoms. The number of rotatable bonds is 9. The van der Waals surface area contributed by atoms with Gasteiger partial charge in [0.2, 0.25) is 0 Å². The van der Waals surface area contributed by atoms with Gasteiger partial charge in [-0.25, -0.2) is 4.98 Å². The molecule has 0 aliphatic rings. The SMILES string of the molecule is CCOc1cccc2sc(N(CCN(C)C)C(=O)c3ccc(SCC)cc3)nc12.Cl. The number of nitrogens with zero attached hydrogens (tertiary/aromatic N) is 3. The molecule has 2 aromatic carbocycles. The van der Waals surface area contributed by atoms with E-state index in [-0.39, 0.29) is 18.3 Å². The van der Waals surface area contributed by atoms with E-state index >= 15 is 0 Å². The third kappa shape index (κ3) is 5.88. The Labute approximate surface area is 192 Å². The monoisotopic (exact) mass is 465 g/mol. The minimum Gasteiger partial charge on any atom is -0.492 e. The van der Waals surface area contributed by atoms with E-state index in [4.69, 9.17) is 9.72 Å². The van der Waals surface area contributed by atoms with Gasteiger partial charge in [-0.1, -0.05) is 24.3 Å². The van der Waals surface area contributed by atoms with Gasteiger partial charge in [0.25, 0.3) is 5.91 Å². The molecule has 0 spiro atoms. The predicted octanol–water partition coefficient (Wildman–Crippen LogP) is 5.44. The molecule has 0 aliphatic heterocycles. The van der Waals surface area contributed by atoms with Crippen molar-refractivity contribution in [2.75, 3.05) is 44.4 Å². The van der Waals surface area contributed by atoms with Crippen LogP contribution in [0.25, 0.3) is 10.2 Å². The van der Waals surface area contributed by atoms with Crippen molar-refractivity contribution in [2.45, 2.75) is 18.7 Å². The summed E-state index contributed by atoms with van der Waals surface area (Å²) in [7, 11) is 4.01. The van der Waals surface area contributed by atoms with Gasteiger partial charge in [-0.05, 0) is 63.2 Å². The Hall–Kier alpha value is -1.80. The molecule has 1 amide bonds. The van der Waals surface area contributed by atoms with E-state index in [9.17, 15) is 4.79 Å². The number of carbonyl (C=O) groups excluding carboxylic acids is 1. The average molecular weight is 466 g/mol. The molecule has 0 aliphatic carbocycles. The number of anilines is 1. The maximum absolute atomic E-state index is 13.4. The number of thioether (sulfide) groups is 1. The lowest BCUT2D eigenvalue weighted by Gasteiger charge is -2.22. The number of para-hydroxylation sites is 1. The summed E-state index contributed by atoms with van der Waals surface area (Å²) in [6, 6.07) is 13.7. The minimum atomic E-state index is -0.0306. The van der Waals surface area contributed by atoms with E-state index in [2.05, 4.69) is 11.8 Å². The summed E-state index contributed by atoms with van der Waals surface area (Å²) in [5, 5.41) is 0.700. The molecule has 1 heterocycles. The molecule has 0 fully saturated rings. The number of fused-ring (bicyclic) bond motifs is 1. The summed E-state index contributed by atoms with van der Waals surface area (Å²) in [5.74, 6) is 1.74. The van der Waals surface area contributed by atoms with Crippen LogP contribution >= 0.6 is 35.5 Å². The first kappa shape index (κ1) is 24.5. The summed E-state index contributed by atoms with van der Waals surface area (Å²) in [4.78, 5) is 23.2. The van der Waals surface area contributed by atoms with Gasteiger partial charge in [0.15, 0.2) is 5.13 Å². The largest absolute Gasteiger partial charge is 0.492 e. The average Bonchev–Trinajstić information content (AvgIpc) is 3.14. The van der Waals surface area contributed by atoms with E-state index in [0.717, 1.165) is 28.3 Å². The maximum atomic E-state index is 13.4. The third-order valence-electron chi connectivity index (χ3n) is 4.33. The fourth-order valence-electron chi connectivity index (χ4n) is 2.90. The molecule has 1 aromatic heterocycles. The Kier molecular flexibility index (Phi) is 9.42. The van der Waals surface area contributed by atoms with Gasteiger partial charge in [-0.3, -0.25) is 9.69 Å². The summed E-state index contributed by atoms with van der Waals surface area (Å²) in [6.45, 7) is 5.98. The Balaban J connectivity index is 0.00000320. The molecular weight excluding hydrogens is 438 g/mol. The van der Waals surface area contributed by atoms with Gasteiger partial charge in [0.1, 0.15) is 11.3 Å². The van der Waals surface area contributed by atoms with Crippen LogP contribution in [-0.2, 0) is 0 Å². The fourth-order valence-corrected chi connectivity index (χ4v) is 4.57. The Morgan fingerprint density at radius 2 is 1.83 bits per heavy atom. The number of likely N-dealkylation sites (N-methyl/N-ethyl adjacent to an activating group) is 1. The van der Waals surface area contributed by atoms with Crippen molar-refractivity contribution in [3.05, 3.63) is 48.0 Å². The van der Waals surface area contributed by atoms with E-state index in [1.807, 2.05) is 63.5 Å². The van der Waals surface area contributed by atoms with Crippen LogP contribution in [-0.4, -0.2) is 55.3 Å². The first-order valence-electron chi connectivity index (χ1n) is 9.75. The summed E-state index contributed by atoms with van der Waals surface area (Å²) in [5.41, 5.74) is 1.49. The molecule has 0 radical (unpaired) electrons. The first-order valence-corrected chi connectivity index (χ1v) is 11.6. The number of aromatic nitrogens is 1. The van der Waals surface area contributed by atoms with Gasteiger partial charge >= 0.3 is 0 Å². The summed E-state index contributed by atoms with van der Waals surface area (Å²) in [6.07, 6.45) is 0. The number of hydrogen-bond acceptors (Lipinski definition) is 6. The second-order valence-electron chi connectivity index (χ2n) is 6.75. The van der Waals surface area contributed by atoms with Crippen molar-refractivity contribution in [2.24, 2.45) is 0 Å². The van der Waals surface area contributed by atoms with E-state index in [0.29, 0.717) is 23.8 Å². The van der Waals surface area contributed by atoms with Crippen LogP contribution in [0.5, 0.6) is 5.75 Å². The lowest BCUT2D eigenvalue weighted by atomic mass is 10.2. The molecule has 0 atom stereocenters. The minimum absolute atomic E-state index is 0. The highest BCUT2D eigenvalue weighted by molar-refractivity contribution is 7.99. The first-order chi connectivity index (χ1) is 14.0. The predicted molar refractivity (Wildman–Crippen MR) is 131 cm³/mol. The topological polar surface area (TPSA) is 45.7 Å². The zero-order valence-corrected chi connectivity index (χ0v) is 20.2. The van der Waals surface area contributed by atoms with Gasteiger partial charge in [0, 0.05) is 23.5 Å². The lowest BCUT2D eigenvalue weighted by molar-refractivity contribution is 0.0985. The molecular formula is C22H28ClN3O2S2. The molecule has 8 heteroatoms. The smallest absolute Gasteiger partial charge is 0.260 e. The van der Waals surface area contributed by atoms with Crippen LogP contribution in [0.4, 0.5) is 5.13 Å². The molecule has 0 unspecified atom stereocenters. The Morgan fingerprint density at radius 3 is 2.47 bits per heavy atom. The van der Waals surface area contributed by atoms with Gasteiger partial charge in [-0.2, -0.15) is 0 Å². The Morgan fingerprint density at radius 1 is 1.10 bits per heavy atom. The van der Waals surface area contributed by atoms with Crippen molar-refractivity contribution >= 4 is 56.8 Å². The molecule has 0 N–H and O–H groups in total. The van der Waals surface area contributed by atoms with Crippen molar-refractivity contribution in [1.82, 2.24) is 9.88 Å². The number of hydrogen-bond donors (Lipinski definition) is 0. The van der Waals surface area contributed by atoms with Crippen LogP contribution in [0.1, 0.15) is 24.2 Å². The third-order valence-corrected chi connectivity index (χ3v) is 6.27. The molecule has 162 valence electrons. The normalized spacial score (nSPS) is 10.8. The molecule has 5 nitrogen and oxygen atoms in total. The number of amides is 1. The number of ether oxygens (including phenoxy) is 1. The van der Waals surface area contributed by atoms with Crippen molar-refractivity contribution in [1.29, 1.82) is 0 Å². The maximum Gasteiger partial charge on any atom is 0.260 e. The standard InChI is InChI=1S/C22H27N3O2S2.ClH/c1-5-27-18-8-7-9-19-20(18)23-22(29-19)25(15-14-24(3)4)21(26)16-10-12-17(13-11-16)28-6-2;/h7-13H,5-6,14-15H2,1-4H3;1H. The molecule has 3 aromatic rings.